The number of carbonyl (C=O) groups excluding carboxylic acids is 2. The van der Waals surface area contributed by atoms with Crippen LogP contribution in [-0.2, 0) is 14.8 Å². The summed E-state index contributed by atoms with van der Waals surface area (Å²) in [5.41, 5.74) is 1.08. The van der Waals surface area contributed by atoms with E-state index in [1.807, 2.05) is 26.0 Å². The lowest BCUT2D eigenvalue weighted by Gasteiger charge is -2.41. The maximum absolute atomic E-state index is 12.6. The molecule has 0 spiro atoms. The van der Waals surface area contributed by atoms with E-state index in [2.05, 4.69) is 0 Å². The first-order valence-electron chi connectivity index (χ1n) is 7.39. The maximum atomic E-state index is 12.6. The van der Waals surface area contributed by atoms with E-state index in [1.165, 1.54) is 9.21 Å². The van der Waals surface area contributed by atoms with Gasteiger partial charge < -0.3 is 0 Å². The fourth-order valence-corrected chi connectivity index (χ4v) is 4.96. The number of amides is 2. The maximum Gasteiger partial charge on any atom is 0.289 e. The minimum atomic E-state index is -3.56. The van der Waals surface area contributed by atoms with Crippen LogP contribution in [0.2, 0.25) is 0 Å². The van der Waals surface area contributed by atoms with Crippen LogP contribution in [0.25, 0.3) is 0 Å². The number of hydrogen-bond donors (Lipinski definition) is 0. The second-order valence-corrected chi connectivity index (χ2v) is 8.88. The molecule has 0 aliphatic carbocycles. The number of thioether (sulfide) groups is 1. The van der Waals surface area contributed by atoms with Gasteiger partial charge in [-0.3, -0.25) is 14.5 Å². The van der Waals surface area contributed by atoms with Crippen LogP contribution in [0.4, 0.5) is 4.79 Å². The highest BCUT2D eigenvalue weighted by atomic mass is 32.2. The summed E-state index contributed by atoms with van der Waals surface area (Å²) in [5, 5.41) is -0.279. The molecule has 124 valence electrons. The average Bonchev–Trinajstić information content (AvgIpc) is 2.78. The Kier molecular flexibility index (Phi) is 4.24. The zero-order chi connectivity index (χ0) is 16.8. The zero-order valence-electron chi connectivity index (χ0n) is 12.9. The predicted octanol–water partition coefficient (Wildman–Crippen LogP) is 1.88. The minimum Gasteiger partial charge on any atom is -0.273 e. The van der Waals surface area contributed by atoms with Crippen molar-refractivity contribution < 1.29 is 18.0 Å². The Morgan fingerprint density at radius 1 is 1.13 bits per heavy atom. The van der Waals surface area contributed by atoms with E-state index in [9.17, 15) is 18.0 Å². The average molecular weight is 354 g/mol. The van der Waals surface area contributed by atoms with Crippen molar-refractivity contribution in [3.8, 4) is 0 Å². The van der Waals surface area contributed by atoms with Gasteiger partial charge in [0, 0.05) is 13.1 Å². The van der Waals surface area contributed by atoms with Gasteiger partial charge in [-0.15, -0.1) is 0 Å². The van der Waals surface area contributed by atoms with Crippen molar-refractivity contribution in [3.05, 3.63) is 29.8 Å². The Hall–Kier alpha value is -1.38. The van der Waals surface area contributed by atoms with E-state index in [0.717, 1.165) is 17.3 Å². The van der Waals surface area contributed by atoms with E-state index in [0.29, 0.717) is 5.92 Å². The Labute approximate surface area is 139 Å². The molecule has 2 heterocycles. The van der Waals surface area contributed by atoms with Crippen LogP contribution in [0, 0.1) is 0 Å². The summed E-state index contributed by atoms with van der Waals surface area (Å²) < 4.78 is 26.4. The Balaban J connectivity index is 1.70. The molecule has 2 amide bonds. The van der Waals surface area contributed by atoms with Crippen LogP contribution in [0.5, 0.6) is 0 Å². The fourth-order valence-electron chi connectivity index (χ4n) is 2.67. The summed E-state index contributed by atoms with van der Waals surface area (Å²) in [6, 6.07) is 6.52. The Morgan fingerprint density at radius 3 is 2.22 bits per heavy atom. The zero-order valence-corrected chi connectivity index (χ0v) is 14.6. The van der Waals surface area contributed by atoms with Crippen molar-refractivity contribution in [1.82, 2.24) is 9.21 Å². The van der Waals surface area contributed by atoms with Gasteiger partial charge in [-0.2, -0.15) is 4.31 Å². The summed E-state index contributed by atoms with van der Waals surface area (Å²) in [7, 11) is -3.56. The molecule has 0 atom stereocenters. The van der Waals surface area contributed by atoms with Gasteiger partial charge in [0.05, 0.1) is 16.7 Å². The second-order valence-electron chi connectivity index (χ2n) is 6.02. The van der Waals surface area contributed by atoms with E-state index in [4.69, 9.17) is 0 Å². The number of hydrogen-bond acceptors (Lipinski definition) is 5. The smallest absolute Gasteiger partial charge is 0.273 e. The molecule has 2 aliphatic heterocycles. The first kappa shape index (κ1) is 16.5. The van der Waals surface area contributed by atoms with E-state index < -0.39 is 10.0 Å². The van der Waals surface area contributed by atoms with Gasteiger partial charge in [-0.25, -0.2) is 8.42 Å². The van der Waals surface area contributed by atoms with Crippen molar-refractivity contribution in [2.45, 2.75) is 30.7 Å². The van der Waals surface area contributed by atoms with Crippen molar-refractivity contribution in [2.75, 3.05) is 18.8 Å². The lowest BCUT2D eigenvalue weighted by Crippen LogP contribution is -2.61. The van der Waals surface area contributed by atoms with Gasteiger partial charge in [-0.05, 0) is 23.6 Å². The second kappa shape index (κ2) is 5.92. The van der Waals surface area contributed by atoms with Gasteiger partial charge in [0.15, 0.2) is 0 Å². The van der Waals surface area contributed by atoms with E-state index in [1.54, 1.807) is 12.1 Å². The highest BCUT2D eigenvalue weighted by Crippen LogP contribution is 2.30. The molecule has 6 nitrogen and oxygen atoms in total. The summed E-state index contributed by atoms with van der Waals surface area (Å²) in [5.74, 6) is 0.256. The highest BCUT2D eigenvalue weighted by Gasteiger charge is 2.45. The molecule has 0 aromatic heterocycles. The first-order chi connectivity index (χ1) is 10.8. The number of rotatable bonds is 4. The molecular weight excluding hydrogens is 336 g/mol. The largest absolute Gasteiger partial charge is 0.289 e. The number of carbonyl (C=O) groups is 2. The lowest BCUT2D eigenvalue weighted by atomic mass is 10.0. The molecule has 1 aromatic rings. The number of sulfonamides is 1. The van der Waals surface area contributed by atoms with E-state index >= 15 is 0 Å². The topological polar surface area (TPSA) is 74.8 Å². The van der Waals surface area contributed by atoms with Crippen LogP contribution < -0.4 is 0 Å². The molecule has 2 saturated heterocycles. The first-order valence-corrected chi connectivity index (χ1v) is 9.82. The normalized spacial score (nSPS) is 20.4. The highest BCUT2D eigenvalue weighted by molar-refractivity contribution is 8.14. The molecule has 2 aliphatic rings. The SMILES string of the molecule is CC(C)c1ccc(S(=O)(=O)N2CC(N3C(=O)CSC3=O)C2)cc1. The van der Waals surface area contributed by atoms with Crippen LogP contribution in [0.1, 0.15) is 25.3 Å². The Morgan fingerprint density at radius 2 is 1.74 bits per heavy atom. The third-order valence-electron chi connectivity index (χ3n) is 4.16. The molecule has 0 radical (unpaired) electrons. The number of imide groups is 1. The molecule has 0 bridgehead atoms. The molecule has 0 saturated carbocycles. The number of benzene rings is 1. The van der Waals surface area contributed by atoms with Crippen LogP contribution >= 0.6 is 11.8 Å². The summed E-state index contributed by atoms with van der Waals surface area (Å²) in [4.78, 5) is 24.7. The molecule has 23 heavy (non-hydrogen) atoms. The van der Waals surface area contributed by atoms with Crippen LogP contribution in [0.3, 0.4) is 0 Å². The van der Waals surface area contributed by atoms with Crippen LogP contribution in [0.15, 0.2) is 29.2 Å². The molecule has 0 N–H and O–H groups in total. The third-order valence-corrected chi connectivity index (χ3v) is 6.84. The summed E-state index contributed by atoms with van der Waals surface area (Å²) in [6.45, 7) is 4.44. The molecule has 1 aromatic carbocycles. The van der Waals surface area contributed by atoms with Gasteiger partial charge >= 0.3 is 0 Å². The quantitative estimate of drug-likeness (QED) is 0.825. The van der Waals surface area contributed by atoms with Gasteiger partial charge in [0.2, 0.25) is 15.9 Å². The van der Waals surface area contributed by atoms with Gasteiger partial charge in [0.1, 0.15) is 0 Å². The molecule has 8 heteroatoms. The summed E-state index contributed by atoms with van der Waals surface area (Å²) >= 11 is 0.970. The molecule has 3 rings (SSSR count). The van der Waals surface area contributed by atoms with Crippen molar-refractivity contribution in [3.63, 3.8) is 0 Å². The van der Waals surface area contributed by atoms with Crippen LogP contribution in [-0.4, -0.2) is 53.7 Å². The lowest BCUT2D eigenvalue weighted by molar-refractivity contribution is -0.127. The summed E-state index contributed by atoms with van der Waals surface area (Å²) in [6.07, 6.45) is 0. The monoisotopic (exact) mass is 354 g/mol. The molecular formula is C15H18N2O4S2. The van der Waals surface area contributed by atoms with Gasteiger partial charge in [-0.1, -0.05) is 37.7 Å². The van der Waals surface area contributed by atoms with E-state index in [-0.39, 0.29) is 40.9 Å². The van der Waals surface area contributed by atoms with Crippen molar-refractivity contribution >= 4 is 32.9 Å². The van der Waals surface area contributed by atoms with Gasteiger partial charge in [0.25, 0.3) is 5.24 Å². The minimum absolute atomic E-state index is 0.152. The Bertz CT molecular complexity index is 721. The number of nitrogens with zero attached hydrogens (tertiary/aromatic N) is 2. The molecule has 0 unspecified atom stereocenters. The molecule has 2 fully saturated rings. The standard InChI is InChI=1S/C15H18N2O4S2/c1-10(2)11-3-5-13(6-4-11)23(20,21)16-7-12(8-16)17-14(18)9-22-15(17)19/h3-6,10,12H,7-9H2,1-2H3. The third kappa shape index (κ3) is 2.90. The fraction of sp³-hybridized carbons (Fsp3) is 0.467. The van der Waals surface area contributed by atoms with Crippen molar-refractivity contribution in [1.29, 1.82) is 0 Å². The van der Waals surface area contributed by atoms with Crippen molar-refractivity contribution in [2.24, 2.45) is 0 Å². The predicted molar refractivity (Wildman–Crippen MR) is 87.8 cm³/mol.